The Balaban J connectivity index is 0.000000147. The van der Waals surface area contributed by atoms with Gasteiger partial charge in [0.15, 0.2) is 11.5 Å². The molecule has 0 bridgehead atoms. The molecule has 0 aliphatic heterocycles. The van der Waals surface area contributed by atoms with E-state index in [0.29, 0.717) is 11.7 Å². The fourth-order valence-corrected chi connectivity index (χ4v) is 2.08. The molecule has 4 nitrogen and oxygen atoms in total. The summed E-state index contributed by atoms with van der Waals surface area (Å²) in [5.74, 6) is 1.21. The number of aryl methyl sites for hydroxylation is 1. The summed E-state index contributed by atoms with van der Waals surface area (Å²) >= 11 is 0. The number of hydrogen-bond acceptors (Lipinski definition) is 3. The lowest BCUT2D eigenvalue weighted by molar-refractivity contribution is 1.02. The van der Waals surface area contributed by atoms with Crippen LogP contribution in [0.15, 0.2) is 42.5 Å². The van der Waals surface area contributed by atoms with E-state index in [1.54, 1.807) is 0 Å². The smallest absolute Gasteiger partial charge is 0.157 e. The fourth-order valence-electron chi connectivity index (χ4n) is 2.08. The van der Waals surface area contributed by atoms with E-state index in [2.05, 4.69) is 34.2 Å². The minimum atomic E-state index is 0.532. The minimum Gasteiger partial charge on any atom is -0.382 e. The number of pyridine rings is 1. The summed E-state index contributed by atoms with van der Waals surface area (Å²) in [6.45, 7) is 2.08. The molecule has 1 fully saturated rings. The Labute approximate surface area is 118 Å². The Morgan fingerprint density at radius 1 is 1.10 bits per heavy atom. The molecular formula is C16H18N4. The SMILES string of the molecule is Cc1ccccc1.Nc1n[nH]c2nc(C3CC3)ccc12. The molecule has 2 aromatic heterocycles. The summed E-state index contributed by atoms with van der Waals surface area (Å²) in [5, 5.41) is 7.65. The van der Waals surface area contributed by atoms with Gasteiger partial charge in [-0.1, -0.05) is 35.9 Å². The molecule has 1 aliphatic rings. The van der Waals surface area contributed by atoms with Crippen molar-refractivity contribution in [2.75, 3.05) is 5.73 Å². The van der Waals surface area contributed by atoms with E-state index in [4.69, 9.17) is 5.73 Å². The first-order valence-corrected chi connectivity index (χ1v) is 6.86. The van der Waals surface area contributed by atoms with Crippen LogP contribution in [0.5, 0.6) is 0 Å². The normalized spacial score (nSPS) is 13.8. The minimum absolute atomic E-state index is 0.532. The van der Waals surface area contributed by atoms with Crippen LogP contribution in [0.1, 0.15) is 30.0 Å². The quantitative estimate of drug-likeness (QED) is 0.709. The zero-order valence-electron chi connectivity index (χ0n) is 11.5. The number of anilines is 1. The molecule has 4 heteroatoms. The molecule has 0 saturated heterocycles. The molecule has 0 spiro atoms. The van der Waals surface area contributed by atoms with Gasteiger partial charge in [0.1, 0.15) is 0 Å². The van der Waals surface area contributed by atoms with Gasteiger partial charge in [-0.3, -0.25) is 5.10 Å². The number of nitrogens with two attached hydrogens (primary N) is 1. The number of H-pyrrole nitrogens is 1. The van der Waals surface area contributed by atoms with Gasteiger partial charge in [-0.25, -0.2) is 4.98 Å². The third kappa shape index (κ3) is 2.79. The number of nitrogen functional groups attached to an aromatic ring is 1. The number of aromatic amines is 1. The van der Waals surface area contributed by atoms with E-state index >= 15 is 0 Å². The molecule has 4 rings (SSSR count). The summed E-state index contributed by atoms with van der Waals surface area (Å²) in [6, 6.07) is 14.3. The highest BCUT2D eigenvalue weighted by molar-refractivity contribution is 5.85. The Bertz CT molecular complexity index is 699. The Morgan fingerprint density at radius 3 is 2.45 bits per heavy atom. The van der Waals surface area contributed by atoms with Crippen LogP contribution in [0.2, 0.25) is 0 Å². The highest BCUT2D eigenvalue weighted by Gasteiger charge is 2.25. The highest BCUT2D eigenvalue weighted by atomic mass is 15.2. The topological polar surface area (TPSA) is 67.6 Å². The molecule has 3 N–H and O–H groups in total. The van der Waals surface area contributed by atoms with Gasteiger partial charge < -0.3 is 5.73 Å². The van der Waals surface area contributed by atoms with Gasteiger partial charge in [-0.15, -0.1) is 0 Å². The van der Waals surface area contributed by atoms with Crippen molar-refractivity contribution in [3.05, 3.63) is 53.7 Å². The standard InChI is InChI=1S/C9H10N4.C7H8/c10-8-6-3-4-7(5-1-2-5)11-9(6)13-12-8;1-7-5-3-2-4-6-7/h3-5H,1-2H2,(H3,10,11,12,13);2-6H,1H3. The molecule has 20 heavy (non-hydrogen) atoms. The van der Waals surface area contributed by atoms with E-state index in [-0.39, 0.29) is 0 Å². The summed E-state index contributed by atoms with van der Waals surface area (Å²) in [5.41, 5.74) is 8.93. The van der Waals surface area contributed by atoms with Crippen LogP contribution in [-0.2, 0) is 0 Å². The van der Waals surface area contributed by atoms with Crippen molar-refractivity contribution in [1.82, 2.24) is 15.2 Å². The first kappa shape index (κ1) is 12.7. The monoisotopic (exact) mass is 266 g/mol. The van der Waals surface area contributed by atoms with Gasteiger partial charge in [0.25, 0.3) is 0 Å². The molecule has 0 radical (unpaired) electrons. The second kappa shape index (κ2) is 5.33. The number of fused-ring (bicyclic) bond motifs is 1. The van der Waals surface area contributed by atoms with Crippen LogP contribution >= 0.6 is 0 Å². The summed E-state index contributed by atoms with van der Waals surface area (Å²) in [6.07, 6.45) is 2.53. The third-order valence-electron chi connectivity index (χ3n) is 3.41. The largest absolute Gasteiger partial charge is 0.382 e. The van der Waals surface area contributed by atoms with Crippen molar-refractivity contribution >= 4 is 16.9 Å². The van der Waals surface area contributed by atoms with Crippen LogP contribution in [-0.4, -0.2) is 15.2 Å². The lowest BCUT2D eigenvalue weighted by Crippen LogP contribution is -1.87. The molecular weight excluding hydrogens is 248 g/mol. The molecule has 3 aromatic rings. The van der Waals surface area contributed by atoms with Gasteiger partial charge in [-0.2, -0.15) is 5.10 Å². The average molecular weight is 266 g/mol. The molecule has 1 aliphatic carbocycles. The summed E-state index contributed by atoms with van der Waals surface area (Å²) in [4.78, 5) is 4.46. The number of nitrogens with zero attached hydrogens (tertiary/aromatic N) is 2. The van der Waals surface area contributed by atoms with Crippen molar-refractivity contribution in [3.8, 4) is 0 Å². The van der Waals surface area contributed by atoms with E-state index in [9.17, 15) is 0 Å². The van der Waals surface area contributed by atoms with Crippen LogP contribution in [0, 0.1) is 6.92 Å². The first-order valence-electron chi connectivity index (χ1n) is 6.86. The lowest BCUT2D eigenvalue weighted by Gasteiger charge is -1.95. The number of benzene rings is 1. The molecule has 1 saturated carbocycles. The number of hydrogen-bond donors (Lipinski definition) is 2. The highest BCUT2D eigenvalue weighted by Crippen LogP contribution is 2.39. The van der Waals surface area contributed by atoms with Gasteiger partial charge >= 0.3 is 0 Å². The van der Waals surface area contributed by atoms with E-state index in [0.717, 1.165) is 16.7 Å². The van der Waals surface area contributed by atoms with E-state index in [1.807, 2.05) is 30.3 Å². The van der Waals surface area contributed by atoms with Gasteiger partial charge in [-0.05, 0) is 31.9 Å². The van der Waals surface area contributed by atoms with Gasteiger partial charge in [0.05, 0.1) is 5.39 Å². The zero-order chi connectivity index (χ0) is 13.9. The van der Waals surface area contributed by atoms with Crippen molar-refractivity contribution in [2.45, 2.75) is 25.7 Å². The lowest BCUT2D eigenvalue weighted by atomic mass is 10.2. The van der Waals surface area contributed by atoms with Crippen LogP contribution in [0.25, 0.3) is 11.0 Å². The van der Waals surface area contributed by atoms with Crippen LogP contribution in [0.3, 0.4) is 0 Å². The van der Waals surface area contributed by atoms with E-state index < -0.39 is 0 Å². The molecule has 2 heterocycles. The second-order valence-corrected chi connectivity index (χ2v) is 5.17. The van der Waals surface area contributed by atoms with Crippen molar-refractivity contribution < 1.29 is 0 Å². The number of aromatic nitrogens is 3. The van der Waals surface area contributed by atoms with Gasteiger partial charge in [0.2, 0.25) is 0 Å². The number of rotatable bonds is 1. The van der Waals surface area contributed by atoms with Crippen LogP contribution in [0.4, 0.5) is 5.82 Å². The maximum absolute atomic E-state index is 5.64. The Kier molecular flexibility index (Phi) is 3.37. The first-order chi connectivity index (χ1) is 9.74. The van der Waals surface area contributed by atoms with Crippen LogP contribution < -0.4 is 5.73 Å². The molecule has 0 amide bonds. The zero-order valence-corrected chi connectivity index (χ0v) is 11.5. The van der Waals surface area contributed by atoms with Crippen molar-refractivity contribution in [3.63, 3.8) is 0 Å². The predicted molar refractivity (Wildman–Crippen MR) is 81.5 cm³/mol. The summed E-state index contributed by atoms with van der Waals surface area (Å²) < 4.78 is 0. The molecule has 0 atom stereocenters. The molecule has 102 valence electrons. The molecule has 1 aromatic carbocycles. The fraction of sp³-hybridized carbons (Fsp3) is 0.250. The third-order valence-corrected chi connectivity index (χ3v) is 3.41. The number of nitrogens with one attached hydrogen (secondary N) is 1. The molecule has 0 unspecified atom stereocenters. The predicted octanol–water partition coefficient (Wildman–Crippen LogP) is 3.41. The summed E-state index contributed by atoms with van der Waals surface area (Å²) in [7, 11) is 0. The Hall–Kier alpha value is -2.36. The maximum atomic E-state index is 5.64. The van der Waals surface area contributed by atoms with Crippen molar-refractivity contribution in [2.24, 2.45) is 0 Å². The average Bonchev–Trinajstić information content (AvgIpc) is 3.25. The van der Waals surface area contributed by atoms with Gasteiger partial charge in [0, 0.05) is 11.6 Å². The maximum Gasteiger partial charge on any atom is 0.157 e. The second-order valence-electron chi connectivity index (χ2n) is 5.17. The Morgan fingerprint density at radius 2 is 1.85 bits per heavy atom. The van der Waals surface area contributed by atoms with E-state index in [1.165, 1.54) is 18.4 Å². The van der Waals surface area contributed by atoms with Crippen molar-refractivity contribution in [1.29, 1.82) is 0 Å².